The summed E-state index contributed by atoms with van der Waals surface area (Å²) >= 11 is 0. The smallest absolute Gasteiger partial charge is 0.358 e. The summed E-state index contributed by atoms with van der Waals surface area (Å²) in [6.45, 7) is 1.89. The highest BCUT2D eigenvalue weighted by atomic mass is 32.2. The molecule has 2 aromatic rings. The fourth-order valence-electron chi connectivity index (χ4n) is 2.69. The van der Waals surface area contributed by atoms with Crippen molar-refractivity contribution >= 4 is 15.8 Å². The first kappa shape index (κ1) is 16.5. The summed E-state index contributed by atoms with van der Waals surface area (Å²) in [7, 11) is -2.32. The molecule has 126 valence electrons. The number of fused-ring (bicyclic) bond motifs is 1. The number of benzene rings is 2. The Morgan fingerprint density at radius 3 is 2.50 bits per heavy atom. The number of rotatable bonds is 4. The summed E-state index contributed by atoms with van der Waals surface area (Å²) in [6, 6.07) is 12.2. The van der Waals surface area contributed by atoms with E-state index in [2.05, 4.69) is 5.16 Å². The van der Waals surface area contributed by atoms with Gasteiger partial charge in [-0.25, -0.2) is 0 Å². The molecular formula is C18H19NO4S. The second kappa shape index (κ2) is 6.65. The van der Waals surface area contributed by atoms with Crippen molar-refractivity contribution in [1.29, 1.82) is 0 Å². The van der Waals surface area contributed by atoms with Gasteiger partial charge in [0.2, 0.25) is 0 Å². The quantitative estimate of drug-likeness (QED) is 0.796. The molecule has 1 aliphatic rings. The van der Waals surface area contributed by atoms with Crippen LogP contribution in [0.15, 0.2) is 52.5 Å². The van der Waals surface area contributed by atoms with Gasteiger partial charge in [0.1, 0.15) is 10.6 Å². The second-order valence-corrected chi connectivity index (χ2v) is 7.29. The number of oxime groups is 1. The Bertz CT molecular complexity index is 870. The summed E-state index contributed by atoms with van der Waals surface area (Å²) in [5.41, 5.74) is 3.62. The van der Waals surface area contributed by atoms with Crippen LogP contribution in [0.4, 0.5) is 0 Å². The number of hydrogen-bond donors (Lipinski definition) is 0. The zero-order chi connectivity index (χ0) is 17.2. The molecule has 0 saturated heterocycles. The van der Waals surface area contributed by atoms with Gasteiger partial charge in [-0.1, -0.05) is 28.9 Å². The third-order valence-corrected chi connectivity index (χ3v) is 5.16. The second-order valence-electron chi connectivity index (χ2n) is 5.76. The van der Waals surface area contributed by atoms with E-state index in [4.69, 9.17) is 9.02 Å². The van der Waals surface area contributed by atoms with Crippen LogP contribution in [0.1, 0.15) is 29.5 Å². The molecular weight excluding hydrogens is 326 g/mol. The van der Waals surface area contributed by atoms with Crippen LogP contribution in [0.2, 0.25) is 0 Å². The van der Waals surface area contributed by atoms with Gasteiger partial charge in [0, 0.05) is 5.56 Å². The Labute approximate surface area is 142 Å². The van der Waals surface area contributed by atoms with Gasteiger partial charge in [0.05, 0.1) is 12.8 Å². The van der Waals surface area contributed by atoms with Crippen molar-refractivity contribution in [3.63, 3.8) is 0 Å². The largest absolute Gasteiger partial charge is 0.497 e. The van der Waals surface area contributed by atoms with E-state index in [1.807, 2.05) is 25.1 Å². The topological polar surface area (TPSA) is 65.0 Å². The highest BCUT2D eigenvalue weighted by molar-refractivity contribution is 7.86. The first-order chi connectivity index (χ1) is 11.5. The highest BCUT2D eigenvalue weighted by Crippen LogP contribution is 2.26. The van der Waals surface area contributed by atoms with Gasteiger partial charge >= 0.3 is 10.1 Å². The number of methoxy groups -OCH3 is 1. The molecule has 0 radical (unpaired) electrons. The zero-order valence-corrected chi connectivity index (χ0v) is 14.5. The van der Waals surface area contributed by atoms with Crippen LogP contribution in [0.5, 0.6) is 5.75 Å². The lowest BCUT2D eigenvalue weighted by atomic mass is 9.90. The van der Waals surface area contributed by atoms with Crippen LogP contribution in [-0.4, -0.2) is 21.2 Å². The third-order valence-electron chi connectivity index (χ3n) is 4.04. The fraction of sp³-hybridized carbons (Fsp3) is 0.278. The van der Waals surface area contributed by atoms with E-state index in [1.165, 1.54) is 12.1 Å². The average Bonchev–Trinajstić information content (AvgIpc) is 2.60. The Balaban J connectivity index is 1.89. The molecule has 0 amide bonds. The monoisotopic (exact) mass is 345 g/mol. The molecule has 6 heteroatoms. The van der Waals surface area contributed by atoms with Crippen LogP contribution in [0.3, 0.4) is 0 Å². The van der Waals surface area contributed by atoms with Crippen molar-refractivity contribution in [1.82, 2.24) is 0 Å². The van der Waals surface area contributed by atoms with Crippen molar-refractivity contribution in [2.45, 2.75) is 31.1 Å². The van der Waals surface area contributed by atoms with E-state index in [0.29, 0.717) is 17.9 Å². The molecule has 0 aliphatic heterocycles. The van der Waals surface area contributed by atoms with Crippen molar-refractivity contribution in [3.05, 3.63) is 59.2 Å². The lowest BCUT2D eigenvalue weighted by Crippen LogP contribution is -2.14. The van der Waals surface area contributed by atoms with E-state index < -0.39 is 10.1 Å². The SMILES string of the molecule is COc1ccc2c(c1)/C(=N\OS(=O)(=O)c1ccc(C)cc1)CCC2. The van der Waals surface area contributed by atoms with Gasteiger partial charge in [-0.2, -0.15) is 8.42 Å². The number of nitrogens with zero attached hydrogens (tertiary/aromatic N) is 1. The van der Waals surface area contributed by atoms with Crippen LogP contribution in [0, 0.1) is 6.92 Å². The van der Waals surface area contributed by atoms with Gasteiger partial charge in [0.25, 0.3) is 0 Å². The summed E-state index contributed by atoms with van der Waals surface area (Å²) < 4.78 is 34.7. The molecule has 3 rings (SSSR count). The number of ether oxygens (including phenoxy) is 1. The van der Waals surface area contributed by atoms with E-state index in [1.54, 1.807) is 19.2 Å². The minimum atomic E-state index is -3.91. The lowest BCUT2D eigenvalue weighted by Gasteiger charge is -2.18. The predicted octanol–water partition coefficient (Wildman–Crippen LogP) is 3.45. The van der Waals surface area contributed by atoms with Gasteiger partial charge < -0.3 is 4.74 Å². The summed E-state index contributed by atoms with van der Waals surface area (Å²) in [5.74, 6) is 0.713. The lowest BCUT2D eigenvalue weighted by molar-refractivity contribution is 0.337. The summed E-state index contributed by atoms with van der Waals surface area (Å²) in [4.78, 5) is 0.0964. The van der Waals surface area contributed by atoms with Crippen LogP contribution < -0.4 is 4.74 Å². The average molecular weight is 345 g/mol. The molecule has 0 aromatic heterocycles. The van der Waals surface area contributed by atoms with E-state index in [0.717, 1.165) is 29.5 Å². The Kier molecular flexibility index (Phi) is 4.57. The minimum absolute atomic E-state index is 0.0964. The number of hydrogen-bond acceptors (Lipinski definition) is 5. The van der Waals surface area contributed by atoms with Gasteiger partial charge in [0.15, 0.2) is 0 Å². The van der Waals surface area contributed by atoms with E-state index in [-0.39, 0.29) is 4.90 Å². The molecule has 1 aliphatic carbocycles. The maximum absolute atomic E-state index is 12.3. The molecule has 0 spiro atoms. The number of aryl methyl sites for hydroxylation is 2. The molecule has 5 nitrogen and oxygen atoms in total. The first-order valence-corrected chi connectivity index (χ1v) is 9.15. The first-order valence-electron chi connectivity index (χ1n) is 7.74. The highest BCUT2D eigenvalue weighted by Gasteiger charge is 2.20. The van der Waals surface area contributed by atoms with Gasteiger partial charge in [-0.05, 0) is 56.0 Å². The molecule has 0 saturated carbocycles. The zero-order valence-electron chi connectivity index (χ0n) is 13.7. The summed E-state index contributed by atoms with van der Waals surface area (Å²) in [5, 5.41) is 3.94. The molecule has 0 unspecified atom stereocenters. The Morgan fingerprint density at radius 1 is 1.04 bits per heavy atom. The predicted molar refractivity (Wildman–Crippen MR) is 91.9 cm³/mol. The van der Waals surface area contributed by atoms with E-state index >= 15 is 0 Å². The Hall–Kier alpha value is -2.34. The molecule has 0 bridgehead atoms. The van der Waals surface area contributed by atoms with Crippen molar-refractivity contribution < 1.29 is 17.4 Å². The van der Waals surface area contributed by atoms with Gasteiger partial charge in [-0.15, -0.1) is 0 Å². The summed E-state index contributed by atoms with van der Waals surface area (Å²) in [6.07, 6.45) is 2.51. The molecule has 0 N–H and O–H groups in total. The van der Waals surface area contributed by atoms with Crippen LogP contribution in [-0.2, 0) is 20.8 Å². The minimum Gasteiger partial charge on any atom is -0.497 e. The van der Waals surface area contributed by atoms with E-state index in [9.17, 15) is 8.42 Å². The Morgan fingerprint density at radius 2 is 1.79 bits per heavy atom. The molecule has 24 heavy (non-hydrogen) atoms. The van der Waals surface area contributed by atoms with Crippen molar-refractivity contribution in [3.8, 4) is 5.75 Å². The normalized spacial score (nSPS) is 15.8. The van der Waals surface area contributed by atoms with Crippen molar-refractivity contribution in [2.75, 3.05) is 7.11 Å². The fourth-order valence-corrected chi connectivity index (χ4v) is 3.43. The third kappa shape index (κ3) is 3.43. The van der Waals surface area contributed by atoms with Crippen LogP contribution in [0.25, 0.3) is 0 Å². The van der Waals surface area contributed by atoms with Gasteiger partial charge in [-0.3, -0.25) is 4.28 Å². The molecule has 0 heterocycles. The van der Waals surface area contributed by atoms with Crippen molar-refractivity contribution in [2.24, 2.45) is 5.16 Å². The molecule has 2 aromatic carbocycles. The van der Waals surface area contributed by atoms with Crippen LogP contribution >= 0.6 is 0 Å². The molecule has 0 atom stereocenters. The molecule has 0 fully saturated rings. The maximum Gasteiger partial charge on any atom is 0.358 e. The standard InChI is InChI=1S/C18H19NO4S/c1-13-6-10-16(11-7-13)24(20,21)23-19-18-5-3-4-14-8-9-15(22-2)12-17(14)18/h6-12H,3-5H2,1-2H3/b19-18-. The maximum atomic E-state index is 12.3.